The predicted molar refractivity (Wildman–Crippen MR) is 65.5 cm³/mol. The van der Waals surface area contributed by atoms with E-state index in [1.54, 1.807) is 13.2 Å². The molecule has 3 N–H and O–H groups in total. The molecule has 0 fully saturated rings. The highest BCUT2D eigenvalue weighted by Crippen LogP contribution is 2.28. The van der Waals surface area contributed by atoms with Crippen molar-refractivity contribution in [2.75, 3.05) is 13.7 Å². The fourth-order valence-electron chi connectivity index (χ4n) is 1.28. The Hall–Kier alpha value is -2.01. The summed E-state index contributed by atoms with van der Waals surface area (Å²) in [5, 5.41) is 0. The summed E-state index contributed by atoms with van der Waals surface area (Å²) in [6, 6.07) is 5.45. The first-order valence-electron chi connectivity index (χ1n) is 5.14. The maximum Gasteiger partial charge on any atom is 0.271 e. The Labute approximate surface area is 100 Å². The molecule has 1 aromatic rings. The maximum absolute atomic E-state index is 10.9. The molecule has 1 rings (SSSR count). The Kier molecular flexibility index (Phi) is 5.03. The minimum atomic E-state index is -0.399. The number of amides is 1. The lowest BCUT2D eigenvalue weighted by Crippen LogP contribution is -2.34. The molecule has 0 aliphatic rings. The number of hydrogen-bond acceptors (Lipinski definition) is 4. The Morgan fingerprint density at radius 3 is 2.82 bits per heavy atom. The van der Waals surface area contributed by atoms with Crippen LogP contribution in [0.2, 0.25) is 0 Å². The molecule has 0 saturated heterocycles. The van der Waals surface area contributed by atoms with Gasteiger partial charge in [-0.2, -0.15) is 0 Å². The van der Waals surface area contributed by atoms with Crippen molar-refractivity contribution in [2.45, 2.75) is 6.92 Å². The molecule has 0 unspecified atom stereocenters. The van der Waals surface area contributed by atoms with E-state index in [2.05, 4.69) is 0 Å². The van der Waals surface area contributed by atoms with E-state index in [9.17, 15) is 4.79 Å². The molecule has 0 saturated carbocycles. The third-order valence-electron chi connectivity index (χ3n) is 2.07. The number of rotatable bonds is 5. The minimum absolute atomic E-state index is 0.143. The molecule has 0 aliphatic carbocycles. The lowest BCUT2D eigenvalue weighted by Gasteiger charge is -2.10. The molecule has 0 spiro atoms. The number of hydrazine groups is 1. The topological polar surface area (TPSA) is 73.6 Å². The second-order valence-corrected chi connectivity index (χ2v) is 3.27. The molecule has 1 aromatic carbocycles. The van der Waals surface area contributed by atoms with E-state index in [4.69, 9.17) is 15.3 Å². The van der Waals surface area contributed by atoms with Crippen molar-refractivity contribution < 1.29 is 14.3 Å². The standard InChI is InChI=1S/C12H16N2O3/c1-3-4-9-5-6-10(11(7-9)16-2)17-8-12(15)14-13/h3-7H,8,13H2,1-2H3,(H,14,15). The maximum atomic E-state index is 10.9. The van der Waals surface area contributed by atoms with Crippen LogP contribution in [-0.4, -0.2) is 19.6 Å². The van der Waals surface area contributed by atoms with Crippen LogP contribution < -0.4 is 20.7 Å². The van der Waals surface area contributed by atoms with Gasteiger partial charge in [0.1, 0.15) is 0 Å². The largest absolute Gasteiger partial charge is 0.493 e. The van der Waals surface area contributed by atoms with Gasteiger partial charge in [-0.1, -0.05) is 18.2 Å². The zero-order valence-electron chi connectivity index (χ0n) is 9.90. The van der Waals surface area contributed by atoms with Gasteiger partial charge in [0.05, 0.1) is 7.11 Å². The summed E-state index contributed by atoms with van der Waals surface area (Å²) in [7, 11) is 1.55. The van der Waals surface area contributed by atoms with E-state index < -0.39 is 5.91 Å². The van der Waals surface area contributed by atoms with Crippen LogP contribution in [0.4, 0.5) is 0 Å². The van der Waals surface area contributed by atoms with Gasteiger partial charge in [-0.25, -0.2) is 5.84 Å². The van der Waals surface area contributed by atoms with Gasteiger partial charge in [-0.3, -0.25) is 10.2 Å². The van der Waals surface area contributed by atoms with E-state index in [1.165, 1.54) is 0 Å². The van der Waals surface area contributed by atoms with Crippen molar-refractivity contribution in [3.63, 3.8) is 0 Å². The summed E-state index contributed by atoms with van der Waals surface area (Å²) in [5.41, 5.74) is 2.99. The number of carbonyl (C=O) groups is 1. The average molecular weight is 236 g/mol. The first-order chi connectivity index (χ1) is 8.21. The minimum Gasteiger partial charge on any atom is -0.493 e. The van der Waals surface area contributed by atoms with Crippen LogP contribution in [0.15, 0.2) is 24.3 Å². The van der Waals surface area contributed by atoms with Crippen LogP contribution in [0.3, 0.4) is 0 Å². The number of allylic oxidation sites excluding steroid dienone is 1. The normalized spacial score (nSPS) is 10.3. The van der Waals surface area contributed by atoms with Crippen LogP contribution in [0, 0.1) is 0 Å². The SMILES string of the molecule is CC=Cc1ccc(OCC(=O)NN)c(OC)c1. The van der Waals surface area contributed by atoms with Crippen LogP contribution in [0.25, 0.3) is 6.08 Å². The molecular formula is C12H16N2O3. The number of nitrogens with one attached hydrogen (secondary N) is 1. The second kappa shape index (κ2) is 6.55. The summed E-state index contributed by atoms with van der Waals surface area (Å²) in [6.07, 6.45) is 3.87. The molecule has 0 atom stereocenters. The molecule has 0 heterocycles. The summed E-state index contributed by atoms with van der Waals surface area (Å²) in [6.45, 7) is 1.79. The lowest BCUT2D eigenvalue weighted by atomic mass is 10.2. The summed E-state index contributed by atoms with van der Waals surface area (Å²) in [5.74, 6) is 5.63. The van der Waals surface area contributed by atoms with Crippen LogP contribution >= 0.6 is 0 Å². The van der Waals surface area contributed by atoms with Gasteiger partial charge < -0.3 is 9.47 Å². The van der Waals surface area contributed by atoms with Gasteiger partial charge in [0.2, 0.25) is 0 Å². The van der Waals surface area contributed by atoms with Gasteiger partial charge in [0.15, 0.2) is 18.1 Å². The molecule has 0 radical (unpaired) electrons. The van der Waals surface area contributed by atoms with E-state index in [0.29, 0.717) is 11.5 Å². The van der Waals surface area contributed by atoms with Gasteiger partial charge in [-0.05, 0) is 24.6 Å². The Morgan fingerprint density at radius 1 is 1.47 bits per heavy atom. The molecule has 5 nitrogen and oxygen atoms in total. The van der Waals surface area contributed by atoms with E-state index in [1.807, 2.05) is 36.6 Å². The van der Waals surface area contributed by atoms with Crippen LogP contribution in [0.5, 0.6) is 11.5 Å². The zero-order chi connectivity index (χ0) is 12.7. The summed E-state index contributed by atoms with van der Waals surface area (Å²) >= 11 is 0. The molecule has 92 valence electrons. The van der Waals surface area contributed by atoms with Gasteiger partial charge in [0.25, 0.3) is 5.91 Å². The molecule has 17 heavy (non-hydrogen) atoms. The van der Waals surface area contributed by atoms with Crippen LogP contribution in [-0.2, 0) is 4.79 Å². The fourth-order valence-corrected chi connectivity index (χ4v) is 1.28. The summed E-state index contributed by atoms with van der Waals surface area (Å²) < 4.78 is 10.4. The van der Waals surface area contributed by atoms with Crippen molar-refractivity contribution in [1.82, 2.24) is 5.43 Å². The van der Waals surface area contributed by atoms with E-state index in [-0.39, 0.29) is 6.61 Å². The number of ether oxygens (including phenoxy) is 2. The van der Waals surface area contributed by atoms with Crippen molar-refractivity contribution in [3.05, 3.63) is 29.8 Å². The molecular weight excluding hydrogens is 220 g/mol. The van der Waals surface area contributed by atoms with Crippen molar-refractivity contribution >= 4 is 12.0 Å². The first kappa shape index (κ1) is 13.1. The number of carbonyl (C=O) groups excluding carboxylic acids is 1. The van der Waals surface area contributed by atoms with Crippen molar-refractivity contribution in [3.8, 4) is 11.5 Å². The summed E-state index contributed by atoms with van der Waals surface area (Å²) in [4.78, 5) is 10.9. The predicted octanol–water partition coefficient (Wildman–Crippen LogP) is 1.10. The van der Waals surface area contributed by atoms with Crippen LogP contribution in [0.1, 0.15) is 12.5 Å². The quantitative estimate of drug-likeness (QED) is 0.456. The molecule has 5 heteroatoms. The van der Waals surface area contributed by atoms with Crippen molar-refractivity contribution in [2.24, 2.45) is 5.84 Å². The average Bonchev–Trinajstić information content (AvgIpc) is 2.36. The highest BCUT2D eigenvalue weighted by molar-refractivity contribution is 5.76. The monoisotopic (exact) mass is 236 g/mol. The highest BCUT2D eigenvalue weighted by atomic mass is 16.5. The Bertz CT molecular complexity index is 416. The molecule has 1 amide bonds. The number of methoxy groups -OCH3 is 1. The van der Waals surface area contributed by atoms with Gasteiger partial charge in [0, 0.05) is 0 Å². The van der Waals surface area contributed by atoms with Crippen molar-refractivity contribution in [1.29, 1.82) is 0 Å². The highest BCUT2D eigenvalue weighted by Gasteiger charge is 2.06. The molecule has 0 bridgehead atoms. The number of nitrogens with two attached hydrogens (primary N) is 1. The van der Waals surface area contributed by atoms with E-state index in [0.717, 1.165) is 5.56 Å². The zero-order valence-corrected chi connectivity index (χ0v) is 9.90. The molecule has 0 aromatic heterocycles. The van der Waals surface area contributed by atoms with Gasteiger partial charge in [-0.15, -0.1) is 0 Å². The Morgan fingerprint density at radius 2 is 2.24 bits per heavy atom. The smallest absolute Gasteiger partial charge is 0.271 e. The third kappa shape index (κ3) is 3.81. The molecule has 0 aliphatic heterocycles. The lowest BCUT2D eigenvalue weighted by molar-refractivity contribution is -0.123. The number of hydrogen-bond donors (Lipinski definition) is 2. The number of benzene rings is 1. The first-order valence-corrected chi connectivity index (χ1v) is 5.14. The second-order valence-electron chi connectivity index (χ2n) is 3.27. The van der Waals surface area contributed by atoms with E-state index >= 15 is 0 Å². The fraction of sp³-hybridized carbons (Fsp3) is 0.250. The third-order valence-corrected chi connectivity index (χ3v) is 2.07. The Balaban J connectivity index is 2.81. The van der Waals surface area contributed by atoms with Gasteiger partial charge >= 0.3 is 0 Å².